The van der Waals surface area contributed by atoms with E-state index in [9.17, 15) is 18.0 Å². The fourth-order valence-electron chi connectivity index (χ4n) is 2.41. The number of furan rings is 1. The number of carbonyl (C=O) groups is 2. The van der Waals surface area contributed by atoms with Crippen molar-refractivity contribution in [1.29, 1.82) is 0 Å². The van der Waals surface area contributed by atoms with Crippen molar-refractivity contribution in [3.63, 3.8) is 0 Å². The normalized spacial score (nSPS) is 10.9. The predicted octanol–water partition coefficient (Wildman–Crippen LogP) is 3.22. The molecule has 0 amide bonds. The summed E-state index contributed by atoms with van der Waals surface area (Å²) in [5.74, 6) is -1.06. The first-order valence-electron chi connectivity index (χ1n) is 8.41. The molecule has 0 radical (unpaired) electrons. The SMILES string of the molecule is COC(=O)c1ccc(COC(=O)c2cccc(NS(=O)(=O)c3ccccc3)c2)o1. The van der Waals surface area contributed by atoms with Crippen molar-refractivity contribution in [3.05, 3.63) is 83.8 Å². The molecule has 0 aliphatic heterocycles. The molecule has 8 nitrogen and oxygen atoms in total. The Morgan fingerprint density at radius 1 is 0.966 bits per heavy atom. The first kappa shape index (κ1) is 20.2. The number of carbonyl (C=O) groups excluding carboxylic acids is 2. The molecule has 9 heteroatoms. The Morgan fingerprint density at radius 2 is 1.72 bits per heavy atom. The van der Waals surface area contributed by atoms with Crippen LogP contribution in [-0.4, -0.2) is 27.5 Å². The smallest absolute Gasteiger partial charge is 0.373 e. The van der Waals surface area contributed by atoms with Crippen LogP contribution >= 0.6 is 0 Å². The molecule has 0 spiro atoms. The first-order valence-corrected chi connectivity index (χ1v) is 9.89. The second-order valence-electron chi connectivity index (χ2n) is 5.83. The molecule has 0 saturated heterocycles. The quantitative estimate of drug-likeness (QED) is 0.590. The third-order valence-corrected chi connectivity index (χ3v) is 5.19. The number of sulfonamides is 1. The molecule has 0 fully saturated rings. The Labute approximate surface area is 167 Å². The number of ether oxygens (including phenoxy) is 2. The Hall–Kier alpha value is -3.59. The van der Waals surface area contributed by atoms with Crippen LogP contribution in [0.1, 0.15) is 26.7 Å². The van der Waals surface area contributed by atoms with Gasteiger partial charge in [-0.1, -0.05) is 24.3 Å². The van der Waals surface area contributed by atoms with Gasteiger partial charge in [-0.25, -0.2) is 18.0 Å². The summed E-state index contributed by atoms with van der Waals surface area (Å²) in [4.78, 5) is 23.7. The molecule has 0 aliphatic carbocycles. The van der Waals surface area contributed by atoms with Gasteiger partial charge in [0.25, 0.3) is 10.0 Å². The second-order valence-corrected chi connectivity index (χ2v) is 7.52. The number of esters is 2. The first-order chi connectivity index (χ1) is 13.9. The summed E-state index contributed by atoms with van der Waals surface area (Å²) in [6, 6.07) is 16.7. The second kappa shape index (κ2) is 8.61. The molecule has 1 aromatic heterocycles. The van der Waals surface area contributed by atoms with E-state index in [0.29, 0.717) is 0 Å². The molecule has 2 aromatic carbocycles. The standard InChI is InChI=1S/C20H17NO7S/c1-26-20(23)18-11-10-16(28-18)13-27-19(22)14-6-5-7-15(12-14)21-29(24,25)17-8-3-2-4-9-17/h2-12,21H,13H2,1H3. The van der Waals surface area contributed by atoms with E-state index in [1.165, 1.54) is 55.6 Å². The van der Waals surface area contributed by atoms with Gasteiger partial charge in [0.15, 0.2) is 0 Å². The lowest BCUT2D eigenvalue weighted by Gasteiger charge is -2.09. The maximum atomic E-state index is 12.4. The third kappa shape index (κ3) is 5.02. The molecule has 1 N–H and O–H groups in total. The number of anilines is 1. The van der Waals surface area contributed by atoms with Crippen LogP contribution in [0, 0.1) is 0 Å². The molecule has 3 rings (SSSR count). The van der Waals surface area contributed by atoms with Crippen LogP contribution in [-0.2, 0) is 26.1 Å². The Balaban J connectivity index is 1.66. The van der Waals surface area contributed by atoms with Crippen LogP contribution < -0.4 is 4.72 Å². The summed E-state index contributed by atoms with van der Waals surface area (Å²) in [5, 5.41) is 0. The highest BCUT2D eigenvalue weighted by Crippen LogP contribution is 2.18. The number of hydrogen-bond acceptors (Lipinski definition) is 7. The van der Waals surface area contributed by atoms with Crippen LogP contribution in [0.3, 0.4) is 0 Å². The van der Waals surface area contributed by atoms with E-state index in [1.54, 1.807) is 18.2 Å². The van der Waals surface area contributed by atoms with Gasteiger partial charge in [0, 0.05) is 5.69 Å². The van der Waals surface area contributed by atoms with E-state index >= 15 is 0 Å². The van der Waals surface area contributed by atoms with E-state index in [1.807, 2.05) is 0 Å². The summed E-state index contributed by atoms with van der Waals surface area (Å²) < 4.78 is 42.1. The van der Waals surface area contributed by atoms with E-state index < -0.39 is 22.0 Å². The molecule has 1 heterocycles. The van der Waals surface area contributed by atoms with Crippen molar-refractivity contribution >= 4 is 27.6 Å². The highest BCUT2D eigenvalue weighted by atomic mass is 32.2. The molecule has 0 bridgehead atoms. The van der Waals surface area contributed by atoms with Crippen LogP contribution in [0.4, 0.5) is 5.69 Å². The topological polar surface area (TPSA) is 112 Å². The third-order valence-electron chi connectivity index (χ3n) is 3.80. The minimum absolute atomic E-state index is 0.00383. The van der Waals surface area contributed by atoms with Crippen LogP contribution in [0.2, 0.25) is 0 Å². The van der Waals surface area contributed by atoms with E-state index in [-0.39, 0.29) is 34.3 Å². The molecule has 29 heavy (non-hydrogen) atoms. The molecule has 3 aromatic rings. The largest absolute Gasteiger partial charge is 0.463 e. The van der Waals surface area contributed by atoms with Gasteiger partial charge in [-0.2, -0.15) is 0 Å². The zero-order valence-corrected chi connectivity index (χ0v) is 16.1. The van der Waals surface area contributed by atoms with Gasteiger partial charge in [-0.05, 0) is 42.5 Å². The fraction of sp³-hybridized carbons (Fsp3) is 0.100. The number of nitrogens with one attached hydrogen (secondary N) is 1. The summed E-state index contributed by atoms with van der Waals surface area (Å²) in [6.45, 7) is -0.199. The molecular weight excluding hydrogens is 398 g/mol. The molecule has 150 valence electrons. The lowest BCUT2D eigenvalue weighted by molar-refractivity contribution is 0.0438. The van der Waals surface area contributed by atoms with Gasteiger partial charge >= 0.3 is 11.9 Å². The minimum Gasteiger partial charge on any atom is -0.463 e. The highest BCUT2D eigenvalue weighted by molar-refractivity contribution is 7.92. The summed E-state index contributed by atoms with van der Waals surface area (Å²) in [5.41, 5.74) is 0.368. The number of hydrogen-bond donors (Lipinski definition) is 1. The van der Waals surface area contributed by atoms with Gasteiger partial charge < -0.3 is 13.9 Å². The molecule has 0 saturated carbocycles. The molecule has 0 atom stereocenters. The summed E-state index contributed by atoms with van der Waals surface area (Å²) in [6.07, 6.45) is 0. The average molecular weight is 415 g/mol. The lowest BCUT2D eigenvalue weighted by Crippen LogP contribution is -2.13. The van der Waals surface area contributed by atoms with Gasteiger partial charge in [-0.3, -0.25) is 4.72 Å². The number of rotatable bonds is 7. The minimum atomic E-state index is -3.78. The Bertz CT molecular complexity index is 1120. The maximum Gasteiger partial charge on any atom is 0.373 e. The van der Waals surface area contributed by atoms with E-state index in [4.69, 9.17) is 9.15 Å². The predicted molar refractivity (Wildman–Crippen MR) is 103 cm³/mol. The highest BCUT2D eigenvalue weighted by Gasteiger charge is 2.16. The van der Waals surface area contributed by atoms with Crippen LogP contribution in [0.5, 0.6) is 0 Å². The number of benzene rings is 2. The van der Waals surface area contributed by atoms with Crippen molar-refractivity contribution in [2.75, 3.05) is 11.8 Å². The molecular formula is C20H17NO7S. The Morgan fingerprint density at radius 3 is 2.45 bits per heavy atom. The fourth-order valence-corrected chi connectivity index (χ4v) is 3.48. The number of methoxy groups -OCH3 is 1. The van der Waals surface area contributed by atoms with Crippen molar-refractivity contribution in [2.45, 2.75) is 11.5 Å². The zero-order chi connectivity index (χ0) is 20.9. The maximum absolute atomic E-state index is 12.4. The Kier molecular flexibility index (Phi) is 5.99. The monoisotopic (exact) mass is 415 g/mol. The van der Waals surface area contributed by atoms with Gasteiger partial charge in [0.05, 0.1) is 17.6 Å². The van der Waals surface area contributed by atoms with Gasteiger partial charge in [-0.15, -0.1) is 0 Å². The van der Waals surface area contributed by atoms with Crippen LogP contribution in [0.25, 0.3) is 0 Å². The van der Waals surface area contributed by atoms with Crippen molar-refractivity contribution in [2.24, 2.45) is 0 Å². The van der Waals surface area contributed by atoms with Crippen molar-refractivity contribution in [3.8, 4) is 0 Å². The van der Waals surface area contributed by atoms with Crippen molar-refractivity contribution < 1.29 is 31.9 Å². The average Bonchev–Trinajstić information content (AvgIpc) is 3.21. The summed E-state index contributed by atoms with van der Waals surface area (Å²) >= 11 is 0. The molecule has 0 aliphatic rings. The molecule has 0 unspecified atom stereocenters. The zero-order valence-electron chi connectivity index (χ0n) is 15.3. The van der Waals surface area contributed by atoms with Crippen LogP contribution in [0.15, 0.2) is 76.0 Å². The van der Waals surface area contributed by atoms with E-state index in [0.717, 1.165) is 0 Å². The van der Waals surface area contributed by atoms with Gasteiger partial charge in [0.1, 0.15) is 12.4 Å². The van der Waals surface area contributed by atoms with Crippen molar-refractivity contribution in [1.82, 2.24) is 0 Å². The van der Waals surface area contributed by atoms with Gasteiger partial charge in [0.2, 0.25) is 5.76 Å². The summed E-state index contributed by atoms with van der Waals surface area (Å²) in [7, 11) is -2.55. The van der Waals surface area contributed by atoms with E-state index in [2.05, 4.69) is 9.46 Å². The lowest BCUT2D eigenvalue weighted by atomic mass is 10.2.